The Hall–Kier alpha value is -3.26. The lowest BCUT2D eigenvalue weighted by Crippen LogP contribution is -2.36. The minimum Gasteiger partial charge on any atom is -0.488 e. The molecule has 1 aromatic carbocycles. The summed E-state index contributed by atoms with van der Waals surface area (Å²) in [6.45, 7) is 3.27. The van der Waals surface area contributed by atoms with Crippen LogP contribution in [0.5, 0.6) is 5.75 Å². The van der Waals surface area contributed by atoms with Gasteiger partial charge in [0.25, 0.3) is 0 Å². The van der Waals surface area contributed by atoms with Gasteiger partial charge in [-0.15, -0.1) is 0 Å². The zero-order chi connectivity index (χ0) is 22.0. The smallest absolute Gasteiger partial charge is 0.155 e. The first-order chi connectivity index (χ1) is 16.3. The molecule has 2 aliphatic rings. The fraction of sp³-hybridized carbons (Fsp3) is 0.440. The first kappa shape index (κ1) is 20.4. The predicted molar refractivity (Wildman–Crippen MR) is 126 cm³/mol. The van der Waals surface area contributed by atoms with Crippen LogP contribution in [0.3, 0.4) is 0 Å². The maximum Gasteiger partial charge on any atom is 0.155 e. The molecule has 2 fully saturated rings. The van der Waals surface area contributed by atoms with E-state index in [0.29, 0.717) is 5.92 Å². The second-order valence-electron chi connectivity index (χ2n) is 8.98. The van der Waals surface area contributed by atoms with E-state index in [9.17, 15) is 0 Å². The Kier molecular flexibility index (Phi) is 5.51. The van der Waals surface area contributed by atoms with Crippen molar-refractivity contribution in [2.75, 3.05) is 31.2 Å². The SMILES string of the molecule is c1cnc2c(OC3CCC(Cc4ccn5nccc5n4)CC3)cc(N3CCOCC3)cc2n1. The molecule has 33 heavy (non-hydrogen) atoms. The van der Waals surface area contributed by atoms with Gasteiger partial charge in [-0.1, -0.05) is 0 Å². The fourth-order valence-corrected chi connectivity index (χ4v) is 5.02. The van der Waals surface area contributed by atoms with E-state index in [-0.39, 0.29) is 6.10 Å². The van der Waals surface area contributed by atoms with Crippen LogP contribution in [0, 0.1) is 5.92 Å². The number of hydrogen-bond donors (Lipinski definition) is 0. The molecule has 4 heterocycles. The Bertz CT molecular complexity index is 1240. The third kappa shape index (κ3) is 4.35. The summed E-state index contributed by atoms with van der Waals surface area (Å²) in [6, 6.07) is 8.29. The number of morpholine rings is 1. The van der Waals surface area contributed by atoms with E-state index in [1.165, 1.54) is 0 Å². The van der Waals surface area contributed by atoms with Crippen LogP contribution in [-0.4, -0.2) is 57.0 Å². The highest BCUT2D eigenvalue weighted by Crippen LogP contribution is 2.34. The summed E-state index contributed by atoms with van der Waals surface area (Å²) >= 11 is 0. The topological polar surface area (TPSA) is 77.7 Å². The lowest BCUT2D eigenvalue weighted by atomic mass is 9.84. The summed E-state index contributed by atoms with van der Waals surface area (Å²) in [5, 5.41) is 4.23. The Labute approximate surface area is 192 Å². The highest BCUT2D eigenvalue weighted by atomic mass is 16.5. The number of ether oxygens (including phenoxy) is 2. The molecule has 6 rings (SSSR count). The number of nitrogens with zero attached hydrogens (tertiary/aromatic N) is 6. The van der Waals surface area contributed by atoms with Crippen molar-refractivity contribution >= 4 is 22.4 Å². The molecule has 0 unspecified atom stereocenters. The molecule has 8 nitrogen and oxygen atoms in total. The lowest BCUT2D eigenvalue weighted by Gasteiger charge is -2.31. The Morgan fingerprint density at radius 1 is 0.970 bits per heavy atom. The number of aromatic nitrogens is 5. The molecule has 0 radical (unpaired) electrons. The molecule has 170 valence electrons. The third-order valence-corrected chi connectivity index (χ3v) is 6.80. The summed E-state index contributed by atoms with van der Waals surface area (Å²) in [5.74, 6) is 1.48. The molecule has 1 aliphatic heterocycles. The van der Waals surface area contributed by atoms with Gasteiger partial charge in [0.1, 0.15) is 11.3 Å². The van der Waals surface area contributed by atoms with Gasteiger partial charge in [0.15, 0.2) is 5.65 Å². The van der Waals surface area contributed by atoms with Crippen molar-refractivity contribution < 1.29 is 9.47 Å². The lowest BCUT2D eigenvalue weighted by molar-refractivity contribution is 0.122. The molecule has 0 N–H and O–H groups in total. The molecule has 1 saturated carbocycles. The van der Waals surface area contributed by atoms with Gasteiger partial charge in [0.05, 0.1) is 31.0 Å². The van der Waals surface area contributed by atoms with Gasteiger partial charge in [0.2, 0.25) is 0 Å². The van der Waals surface area contributed by atoms with Crippen molar-refractivity contribution in [2.45, 2.75) is 38.2 Å². The molecule has 0 amide bonds. The van der Waals surface area contributed by atoms with Gasteiger partial charge in [-0.25, -0.2) is 14.5 Å². The zero-order valence-corrected chi connectivity index (χ0v) is 18.6. The van der Waals surface area contributed by atoms with Crippen LogP contribution in [0.4, 0.5) is 5.69 Å². The van der Waals surface area contributed by atoms with E-state index < -0.39 is 0 Å². The van der Waals surface area contributed by atoms with E-state index in [1.54, 1.807) is 18.6 Å². The quantitative estimate of drug-likeness (QED) is 0.465. The van der Waals surface area contributed by atoms with Crippen LogP contribution in [0.2, 0.25) is 0 Å². The number of anilines is 1. The van der Waals surface area contributed by atoms with Gasteiger partial charge in [-0.05, 0) is 50.2 Å². The first-order valence-electron chi connectivity index (χ1n) is 11.9. The van der Waals surface area contributed by atoms with Crippen molar-refractivity contribution in [3.05, 3.63) is 54.7 Å². The first-order valence-corrected chi connectivity index (χ1v) is 11.9. The van der Waals surface area contributed by atoms with Crippen molar-refractivity contribution in [2.24, 2.45) is 5.92 Å². The summed E-state index contributed by atoms with van der Waals surface area (Å²) in [4.78, 5) is 16.2. The molecule has 3 aromatic heterocycles. The van der Waals surface area contributed by atoms with Gasteiger partial charge >= 0.3 is 0 Å². The summed E-state index contributed by atoms with van der Waals surface area (Å²) in [7, 11) is 0. The zero-order valence-electron chi connectivity index (χ0n) is 18.6. The molecule has 0 spiro atoms. The van der Waals surface area contributed by atoms with E-state index in [4.69, 9.17) is 14.5 Å². The van der Waals surface area contributed by atoms with Crippen LogP contribution >= 0.6 is 0 Å². The molecule has 1 saturated heterocycles. The normalized spacial score (nSPS) is 21.5. The molecular weight excluding hydrogens is 416 g/mol. The summed E-state index contributed by atoms with van der Waals surface area (Å²) < 4.78 is 13.9. The van der Waals surface area contributed by atoms with Crippen LogP contribution in [-0.2, 0) is 11.2 Å². The van der Waals surface area contributed by atoms with E-state index in [1.807, 2.05) is 16.8 Å². The number of fused-ring (bicyclic) bond motifs is 2. The molecule has 0 bridgehead atoms. The van der Waals surface area contributed by atoms with E-state index >= 15 is 0 Å². The minimum atomic E-state index is 0.205. The minimum absolute atomic E-state index is 0.205. The van der Waals surface area contributed by atoms with Crippen LogP contribution in [0.25, 0.3) is 16.7 Å². The standard InChI is InChI=1S/C25H28N6O2/c1-3-21(4-2-18(1)15-19-6-10-31-24(29-19)5-7-28-31)33-23-17-20(30-11-13-32-14-12-30)16-22-25(23)27-9-8-26-22/h5-10,16-18,21H,1-4,11-15H2. The number of rotatable bonds is 5. The van der Waals surface area contributed by atoms with Gasteiger partial charge < -0.3 is 14.4 Å². The summed E-state index contributed by atoms with van der Waals surface area (Å²) in [5.41, 5.74) is 4.92. The summed E-state index contributed by atoms with van der Waals surface area (Å²) in [6.07, 6.45) is 12.9. The monoisotopic (exact) mass is 444 g/mol. The van der Waals surface area contributed by atoms with Crippen LogP contribution < -0.4 is 9.64 Å². The maximum absolute atomic E-state index is 6.56. The van der Waals surface area contributed by atoms with Crippen molar-refractivity contribution in [3.8, 4) is 5.75 Å². The van der Waals surface area contributed by atoms with Crippen LogP contribution in [0.15, 0.2) is 49.1 Å². The molecular formula is C25H28N6O2. The van der Waals surface area contributed by atoms with E-state index in [2.05, 4.69) is 38.2 Å². The van der Waals surface area contributed by atoms with Gasteiger partial charge in [-0.3, -0.25) is 4.98 Å². The van der Waals surface area contributed by atoms with Gasteiger partial charge in [0, 0.05) is 55.2 Å². The number of hydrogen-bond acceptors (Lipinski definition) is 7. The Balaban J connectivity index is 1.14. The molecule has 8 heteroatoms. The molecule has 0 atom stereocenters. The highest BCUT2D eigenvalue weighted by molar-refractivity contribution is 5.85. The maximum atomic E-state index is 6.56. The van der Waals surface area contributed by atoms with Gasteiger partial charge in [-0.2, -0.15) is 5.10 Å². The van der Waals surface area contributed by atoms with Crippen molar-refractivity contribution in [1.29, 1.82) is 0 Å². The molecule has 1 aliphatic carbocycles. The largest absolute Gasteiger partial charge is 0.488 e. The Morgan fingerprint density at radius 2 is 1.82 bits per heavy atom. The van der Waals surface area contributed by atoms with Crippen molar-refractivity contribution in [3.63, 3.8) is 0 Å². The fourth-order valence-electron chi connectivity index (χ4n) is 5.02. The molecule has 4 aromatic rings. The second kappa shape index (κ2) is 8.94. The third-order valence-electron chi connectivity index (χ3n) is 6.80. The Morgan fingerprint density at radius 3 is 2.70 bits per heavy atom. The number of benzene rings is 1. The van der Waals surface area contributed by atoms with Crippen molar-refractivity contribution in [1.82, 2.24) is 24.6 Å². The predicted octanol–water partition coefficient (Wildman–Crippen LogP) is 3.69. The van der Waals surface area contributed by atoms with E-state index in [0.717, 1.165) is 92.2 Å². The second-order valence-corrected chi connectivity index (χ2v) is 8.98. The highest BCUT2D eigenvalue weighted by Gasteiger charge is 2.25. The van der Waals surface area contributed by atoms with Crippen LogP contribution in [0.1, 0.15) is 31.4 Å². The average molecular weight is 445 g/mol. The average Bonchev–Trinajstić information content (AvgIpc) is 3.34.